The van der Waals surface area contributed by atoms with Crippen LogP contribution < -0.4 is 5.73 Å². The van der Waals surface area contributed by atoms with Crippen molar-refractivity contribution >= 4 is 0 Å². The van der Waals surface area contributed by atoms with Crippen LogP contribution in [0.1, 0.15) is 30.4 Å². The van der Waals surface area contributed by atoms with Gasteiger partial charge in [0.2, 0.25) is 0 Å². The number of nitrogens with zero attached hydrogens (tertiary/aromatic N) is 6. The van der Waals surface area contributed by atoms with Crippen molar-refractivity contribution in [1.29, 1.82) is 0 Å². The molecule has 0 saturated carbocycles. The van der Waals surface area contributed by atoms with E-state index in [1.54, 1.807) is 12.5 Å². The predicted octanol–water partition coefficient (Wildman–Crippen LogP) is 0.198. The van der Waals surface area contributed by atoms with Gasteiger partial charge in [-0.2, -0.15) is 0 Å². The lowest BCUT2D eigenvalue weighted by Gasteiger charge is -2.31. The standard InChI is InChI=1S/C14H23N7/c1-19-13(10-21-8-5-16-11-21)17-18-14(19)12-3-2-6-20(9-12)7-4-15/h5,8,11-12H,2-4,6-7,9-10,15H2,1H3/t12-/m0/s1. The predicted molar refractivity (Wildman–Crippen MR) is 79.8 cm³/mol. The molecule has 1 aliphatic heterocycles. The molecule has 1 fully saturated rings. The van der Waals surface area contributed by atoms with Crippen LogP contribution in [-0.2, 0) is 13.6 Å². The molecule has 0 amide bonds. The number of likely N-dealkylation sites (tertiary alicyclic amines) is 1. The van der Waals surface area contributed by atoms with Gasteiger partial charge >= 0.3 is 0 Å². The average Bonchev–Trinajstić information content (AvgIpc) is 3.11. The second-order valence-electron chi connectivity index (χ2n) is 5.70. The van der Waals surface area contributed by atoms with E-state index >= 15 is 0 Å². The Morgan fingerprint density at radius 3 is 3.05 bits per heavy atom. The largest absolute Gasteiger partial charge is 0.330 e. The lowest BCUT2D eigenvalue weighted by molar-refractivity contribution is 0.207. The molecule has 7 nitrogen and oxygen atoms in total. The van der Waals surface area contributed by atoms with Crippen molar-refractivity contribution < 1.29 is 0 Å². The molecule has 2 N–H and O–H groups in total. The average molecular weight is 289 g/mol. The third-order valence-electron chi connectivity index (χ3n) is 4.20. The highest BCUT2D eigenvalue weighted by molar-refractivity contribution is 5.04. The molecule has 0 aromatic carbocycles. The first-order chi connectivity index (χ1) is 10.3. The molecule has 0 unspecified atom stereocenters. The molecule has 0 spiro atoms. The fraction of sp³-hybridized carbons (Fsp3) is 0.643. The van der Waals surface area contributed by atoms with Gasteiger partial charge in [-0.3, -0.25) is 0 Å². The number of imidazole rings is 1. The summed E-state index contributed by atoms with van der Waals surface area (Å²) in [5, 5.41) is 8.79. The maximum atomic E-state index is 5.67. The molecule has 2 aromatic heterocycles. The fourth-order valence-corrected chi connectivity index (χ4v) is 3.06. The maximum absolute atomic E-state index is 5.67. The number of hydrogen-bond acceptors (Lipinski definition) is 5. The summed E-state index contributed by atoms with van der Waals surface area (Å²) in [4.78, 5) is 6.49. The second-order valence-corrected chi connectivity index (χ2v) is 5.70. The summed E-state index contributed by atoms with van der Waals surface area (Å²) in [7, 11) is 2.06. The SMILES string of the molecule is Cn1c(Cn2ccnc2)nnc1[C@H]1CCCN(CCN)C1. The Labute approximate surface area is 124 Å². The van der Waals surface area contributed by atoms with Crippen LogP contribution in [0.5, 0.6) is 0 Å². The molecule has 0 bridgehead atoms. The van der Waals surface area contributed by atoms with E-state index in [9.17, 15) is 0 Å². The molecule has 0 aliphatic carbocycles. The lowest BCUT2D eigenvalue weighted by atomic mass is 9.97. The van der Waals surface area contributed by atoms with E-state index in [0.29, 0.717) is 12.5 Å². The Bertz CT molecular complexity index is 558. The van der Waals surface area contributed by atoms with Gasteiger partial charge in [0.15, 0.2) is 5.82 Å². The van der Waals surface area contributed by atoms with Crippen LogP contribution in [0.3, 0.4) is 0 Å². The van der Waals surface area contributed by atoms with Gasteiger partial charge in [0.1, 0.15) is 5.82 Å². The Morgan fingerprint density at radius 1 is 1.38 bits per heavy atom. The van der Waals surface area contributed by atoms with Gasteiger partial charge in [-0.25, -0.2) is 4.98 Å². The summed E-state index contributed by atoms with van der Waals surface area (Å²) in [6.45, 7) is 4.58. The molecule has 1 aliphatic rings. The summed E-state index contributed by atoms with van der Waals surface area (Å²) in [6.07, 6.45) is 7.91. The molecule has 1 saturated heterocycles. The molecular formula is C14H23N7. The second kappa shape index (κ2) is 6.36. The van der Waals surface area contributed by atoms with E-state index in [0.717, 1.165) is 37.8 Å². The van der Waals surface area contributed by atoms with Gasteiger partial charge in [-0.15, -0.1) is 10.2 Å². The molecular weight excluding hydrogens is 266 g/mol. The highest BCUT2D eigenvalue weighted by Crippen LogP contribution is 2.25. The first-order valence-corrected chi connectivity index (χ1v) is 7.54. The normalized spacial score (nSPS) is 20.0. The van der Waals surface area contributed by atoms with Gasteiger partial charge in [0.25, 0.3) is 0 Å². The van der Waals surface area contributed by atoms with Gasteiger partial charge in [-0.1, -0.05) is 0 Å². The molecule has 114 valence electrons. The van der Waals surface area contributed by atoms with Crippen molar-refractivity contribution in [2.45, 2.75) is 25.3 Å². The van der Waals surface area contributed by atoms with Gasteiger partial charge in [0, 0.05) is 45.0 Å². The zero-order chi connectivity index (χ0) is 14.7. The van der Waals surface area contributed by atoms with Crippen LogP contribution in [0.25, 0.3) is 0 Å². The molecule has 3 rings (SSSR count). The van der Waals surface area contributed by atoms with Crippen molar-refractivity contribution in [3.63, 3.8) is 0 Å². The Balaban J connectivity index is 1.72. The van der Waals surface area contributed by atoms with E-state index in [1.165, 1.54) is 12.8 Å². The van der Waals surface area contributed by atoms with E-state index in [2.05, 4.69) is 31.7 Å². The minimum absolute atomic E-state index is 0.458. The Hall–Kier alpha value is -1.73. The molecule has 1 atom stereocenters. The van der Waals surface area contributed by atoms with Crippen LogP contribution in [0.4, 0.5) is 0 Å². The van der Waals surface area contributed by atoms with E-state index in [-0.39, 0.29) is 0 Å². The van der Waals surface area contributed by atoms with E-state index < -0.39 is 0 Å². The van der Waals surface area contributed by atoms with Crippen LogP contribution in [0, 0.1) is 0 Å². The molecule has 7 heteroatoms. The van der Waals surface area contributed by atoms with Crippen LogP contribution >= 0.6 is 0 Å². The first kappa shape index (κ1) is 14.2. The number of piperidine rings is 1. The molecule has 0 radical (unpaired) electrons. The zero-order valence-corrected chi connectivity index (χ0v) is 12.5. The minimum Gasteiger partial charge on any atom is -0.330 e. The third-order valence-corrected chi connectivity index (χ3v) is 4.20. The number of hydrogen-bond donors (Lipinski definition) is 1. The third kappa shape index (κ3) is 3.14. The summed E-state index contributed by atoms with van der Waals surface area (Å²) in [6, 6.07) is 0. The van der Waals surface area contributed by atoms with Crippen molar-refractivity contribution in [2.75, 3.05) is 26.2 Å². The quantitative estimate of drug-likeness (QED) is 0.850. The Kier molecular flexibility index (Phi) is 4.31. The molecule has 3 heterocycles. The van der Waals surface area contributed by atoms with Crippen LogP contribution in [-0.4, -0.2) is 55.4 Å². The van der Waals surface area contributed by atoms with Crippen molar-refractivity contribution in [1.82, 2.24) is 29.2 Å². The fourth-order valence-electron chi connectivity index (χ4n) is 3.06. The monoisotopic (exact) mass is 289 g/mol. The van der Waals surface area contributed by atoms with Gasteiger partial charge < -0.3 is 19.8 Å². The van der Waals surface area contributed by atoms with Crippen LogP contribution in [0.15, 0.2) is 18.7 Å². The van der Waals surface area contributed by atoms with Crippen molar-refractivity contribution in [2.24, 2.45) is 12.8 Å². The highest BCUT2D eigenvalue weighted by atomic mass is 15.3. The summed E-state index contributed by atoms with van der Waals surface area (Å²) in [5.41, 5.74) is 5.67. The number of nitrogens with two attached hydrogens (primary N) is 1. The highest BCUT2D eigenvalue weighted by Gasteiger charge is 2.25. The van der Waals surface area contributed by atoms with E-state index in [1.807, 2.05) is 10.8 Å². The maximum Gasteiger partial charge on any atom is 0.152 e. The molecule has 21 heavy (non-hydrogen) atoms. The summed E-state index contributed by atoms with van der Waals surface area (Å²) in [5.74, 6) is 2.52. The van der Waals surface area contributed by atoms with Gasteiger partial charge in [0.05, 0.1) is 12.9 Å². The smallest absolute Gasteiger partial charge is 0.152 e. The summed E-state index contributed by atoms with van der Waals surface area (Å²) < 4.78 is 4.14. The van der Waals surface area contributed by atoms with Gasteiger partial charge in [-0.05, 0) is 19.4 Å². The van der Waals surface area contributed by atoms with Crippen molar-refractivity contribution in [3.05, 3.63) is 30.4 Å². The number of rotatable bonds is 5. The molecule has 2 aromatic rings. The summed E-state index contributed by atoms with van der Waals surface area (Å²) >= 11 is 0. The first-order valence-electron chi connectivity index (χ1n) is 7.54. The lowest BCUT2D eigenvalue weighted by Crippen LogP contribution is -2.38. The van der Waals surface area contributed by atoms with E-state index in [4.69, 9.17) is 5.73 Å². The Morgan fingerprint density at radius 2 is 2.29 bits per heavy atom. The minimum atomic E-state index is 0.458. The zero-order valence-electron chi connectivity index (χ0n) is 12.5. The topological polar surface area (TPSA) is 77.8 Å². The van der Waals surface area contributed by atoms with Crippen LogP contribution in [0.2, 0.25) is 0 Å². The van der Waals surface area contributed by atoms with Crippen molar-refractivity contribution in [3.8, 4) is 0 Å². The number of aromatic nitrogens is 5.